The van der Waals surface area contributed by atoms with E-state index < -0.39 is 0 Å². The number of methoxy groups -OCH3 is 1. The zero-order valence-corrected chi connectivity index (χ0v) is 15.6. The molecule has 0 spiro atoms. The number of hydrogen-bond acceptors (Lipinski definition) is 3. The minimum Gasteiger partial charge on any atom is -0.495 e. The largest absolute Gasteiger partial charge is 0.495 e. The van der Waals surface area contributed by atoms with Crippen molar-refractivity contribution in [1.82, 2.24) is 9.55 Å². The number of nitrogens with zero attached hydrogens (tertiary/aromatic N) is 3. The molecule has 2 aromatic carbocycles. The topological polar surface area (TPSA) is 77.5 Å². The normalized spacial score (nSPS) is 11.7. The number of ether oxygens (including phenoxy) is 1. The predicted octanol–water partition coefficient (Wildman–Crippen LogP) is 3.82. The fourth-order valence-corrected chi connectivity index (χ4v) is 3.10. The van der Waals surface area contributed by atoms with Crippen LogP contribution >= 0.6 is 11.6 Å². The van der Waals surface area contributed by atoms with Crippen LogP contribution in [0.2, 0.25) is 5.02 Å². The second-order valence-corrected chi connectivity index (χ2v) is 6.30. The van der Waals surface area contributed by atoms with E-state index in [0.29, 0.717) is 23.3 Å². The van der Waals surface area contributed by atoms with Crippen molar-refractivity contribution in [3.05, 3.63) is 53.3 Å². The summed E-state index contributed by atoms with van der Waals surface area (Å²) in [4.78, 5) is 8.95. The van der Waals surface area contributed by atoms with E-state index in [1.165, 1.54) is 0 Å². The van der Waals surface area contributed by atoms with Gasteiger partial charge in [-0.15, -0.1) is 0 Å². The molecule has 0 aliphatic heterocycles. The highest BCUT2D eigenvalue weighted by atomic mass is 35.5. The Morgan fingerprint density at radius 3 is 2.88 bits per heavy atom. The first kappa shape index (κ1) is 18.1. The molecule has 7 heteroatoms. The van der Waals surface area contributed by atoms with Gasteiger partial charge in [-0.05, 0) is 43.7 Å². The van der Waals surface area contributed by atoms with Gasteiger partial charge in [-0.3, -0.25) is 4.99 Å². The molecule has 0 bridgehead atoms. The van der Waals surface area contributed by atoms with Gasteiger partial charge >= 0.3 is 0 Å². The number of aromatic nitrogens is 2. The number of para-hydroxylation sites is 2. The zero-order chi connectivity index (χ0) is 18.5. The van der Waals surface area contributed by atoms with Crippen LogP contribution in [0.1, 0.15) is 12.2 Å². The minimum absolute atomic E-state index is 0.360. The lowest BCUT2D eigenvalue weighted by Crippen LogP contribution is -2.23. The molecule has 0 atom stereocenters. The number of guanidine groups is 1. The monoisotopic (exact) mass is 371 g/mol. The van der Waals surface area contributed by atoms with E-state index >= 15 is 0 Å². The molecule has 1 aromatic heterocycles. The average molecular weight is 372 g/mol. The van der Waals surface area contributed by atoms with Crippen molar-refractivity contribution in [3.8, 4) is 5.75 Å². The van der Waals surface area contributed by atoms with Gasteiger partial charge in [0.05, 0.1) is 23.2 Å². The number of anilines is 1. The highest BCUT2D eigenvalue weighted by Gasteiger charge is 2.06. The number of hydrogen-bond donors (Lipinski definition) is 2. The molecule has 0 saturated carbocycles. The van der Waals surface area contributed by atoms with E-state index in [1.807, 2.05) is 31.2 Å². The minimum atomic E-state index is 0.360. The molecule has 3 aromatic rings. The van der Waals surface area contributed by atoms with Gasteiger partial charge in [0.15, 0.2) is 5.96 Å². The standard InChI is InChI=1S/C19H22ClN5O/c1-13-23-16-6-3-4-7-17(16)25(13)11-5-10-22-19(21)24-14-8-9-18(26-2)15(20)12-14/h3-4,6-9,12H,5,10-11H2,1-2H3,(H3,21,22,24). The SMILES string of the molecule is COc1ccc(NC(N)=NCCCn2c(C)nc3ccccc32)cc1Cl. The lowest BCUT2D eigenvalue weighted by Gasteiger charge is -2.09. The maximum absolute atomic E-state index is 6.10. The predicted molar refractivity (Wildman–Crippen MR) is 107 cm³/mol. The molecule has 136 valence electrons. The van der Waals surface area contributed by atoms with Gasteiger partial charge in [-0.2, -0.15) is 0 Å². The molecular weight excluding hydrogens is 350 g/mol. The summed E-state index contributed by atoms with van der Waals surface area (Å²) in [6, 6.07) is 13.5. The van der Waals surface area contributed by atoms with Crippen molar-refractivity contribution in [2.45, 2.75) is 19.9 Å². The van der Waals surface area contributed by atoms with Crippen molar-refractivity contribution in [2.24, 2.45) is 10.7 Å². The number of benzene rings is 2. The molecule has 0 saturated heterocycles. The second-order valence-electron chi connectivity index (χ2n) is 5.89. The van der Waals surface area contributed by atoms with Crippen molar-refractivity contribution >= 4 is 34.3 Å². The van der Waals surface area contributed by atoms with Gasteiger partial charge in [0.25, 0.3) is 0 Å². The van der Waals surface area contributed by atoms with Crippen molar-refractivity contribution in [2.75, 3.05) is 19.0 Å². The molecule has 3 rings (SSSR count). The summed E-state index contributed by atoms with van der Waals surface area (Å²) in [6.07, 6.45) is 0.868. The summed E-state index contributed by atoms with van der Waals surface area (Å²) in [5.41, 5.74) is 8.89. The summed E-state index contributed by atoms with van der Waals surface area (Å²) in [5, 5.41) is 3.56. The Morgan fingerprint density at radius 1 is 1.31 bits per heavy atom. The number of fused-ring (bicyclic) bond motifs is 1. The number of aryl methyl sites for hydroxylation is 2. The maximum atomic E-state index is 6.10. The summed E-state index contributed by atoms with van der Waals surface area (Å²) in [5.74, 6) is 1.99. The molecule has 0 amide bonds. The Bertz CT molecular complexity index is 935. The lowest BCUT2D eigenvalue weighted by atomic mass is 10.3. The first-order valence-corrected chi connectivity index (χ1v) is 8.78. The van der Waals surface area contributed by atoms with Crippen LogP contribution in [0.5, 0.6) is 5.75 Å². The van der Waals surface area contributed by atoms with Crippen LogP contribution in [0.15, 0.2) is 47.5 Å². The van der Waals surface area contributed by atoms with Crippen molar-refractivity contribution in [3.63, 3.8) is 0 Å². The van der Waals surface area contributed by atoms with Crippen LogP contribution in [-0.4, -0.2) is 29.2 Å². The van der Waals surface area contributed by atoms with Crippen LogP contribution in [0.25, 0.3) is 11.0 Å². The van der Waals surface area contributed by atoms with Crippen LogP contribution in [-0.2, 0) is 6.54 Å². The van der Waals surface area contributed by atoms with E-state index in [4.69, 9.17) is 22.1 Å². The first-order chi connectivity index (χ1) is 12.6. The second kappa shape index (κ2) is 8.10. The van der Waals surface area contributed by atoms with Gasteiger partial charge in [0.2, 0.25) is 0 Å². The van der Waals surface area contributed by atoms with Gasteiger partial charge in [0, 0.05) is 18.8 Å². The van der Waals surface area contributed by atoms with Gasteiger partial charge < -0.3 is 20.4 Å². The Labute approximate surface area is 157 Å². The van der Waals surface area contributed by atoms with E-state index in [9.17, 15) is 0 Å². The Balaban J connectivity index is 1.56. The number of imidazole rings is 1. The molecule has 1 heterocycles. The van der Waals surface area contributed by atoms with E-state index in [0.717, 1.165) is 35.5 Å². The highest BCUT2D eigenvalue weighted by molar-refractivity contribution is 6.32. The fourth-order valence-electron chi connectivity index (χ4n) is 2.84. The summed E-state index contributed by atoms with van der Waals surface area (Å²) in [6.45, 7) is 3.48. The molecule has 0 aliphatic carbocycles. The van der Waals surface area contributed by atoms with E-state index in [-0.39, 0.29) is 0 Å². The van der Waals surface area contributed by atoms with Crippen LogP contribution in [0.3, 0.4) is 0 Å². The summed E-state index contributed by atoms with van der Waals surface area (Å²) < 4.78 is 7.34. The number of aliphatic imine (C=N–C) groups is 1. The first-order valence-electron chi connectivity index (χ1n) is 8.41. The Kier molecular flexibility index (Phi) is 5.63. The van der Waals surface area contributed by atoms with E-state index in [1.54, 1.807) is 19.2 Å². The van der Waals surface area contributed by atoms with Crippen LogP contribution in [0.4, 0.5) is 5.69 Å². The number of nitrogens with two attached hydrogens (primary N) is 1. The third-order valence-electron chi connectivity index (χ3n) is 4.09. The number of rotatable bonds is 6. The van der Waals surface area contributed by atoms with Crippen molar-refractivity contribution in [1.29, 1.82) is 0 Å². The quantitative estimate of drug-likeness (QED) is 0.392. The van der Waals surface area contributed by atoms with Crippen LogP contribution < -0.4 is 15.8 Å². The Hall–Kier alpha value is -2.73. The zero-order valence-electron chi connectivity index (χ0n) is 14.9. The molecular formula is C19H22ClN5O. The molecule has 26 heavy (non-hydrogen) atoms. The van der Waals surface area contributed by atoms with Gasteiger partial charge in [0.1, 0.15) is 11.6 Å². The van der Waals surface area contributed by atoms with E-state index in [2.05, 4.69) is 25.9 Å². The molecule has 0 radical (unpaired) electrons. The molecule has 0 fully saturated rings. The number of nitrogens with one attached hydrogen (secondary N) is 1. The molecule has 0 unspecified atom stereocenters. The molecule has 6 nitrogen and oxygen atoms in total. The van der Waals surface area contributed by atoms with Gasteiger partial charge in [-0.1, -0.05) is 23.7 Å². The van der Waals surface area contributed by atoms with Crippen LogP contribution in [0, 0.1) is 6.92 Å². The van der Waals surface area contributed by atoms with Crippen molar-refractivity contribution < 1.29 is 4.74 Å². The summed E-state index contributed by atoms with van der Waals surface area (Å²) >= 11 is 6.10. The molecule has 0 aliphatic rings. The smallest absolute Gasteiger partial charge is 0.193 e. The lowest BCUT2D eigenvalue weighted by molar-refractivity contribution is 0.415. The average Bonchev–Trinajstić information content (AvgIpc) is 2.94. The molecule has 3 N–H and O–H groups in total. The van der Waals surface area contributed by atoms with Gasteiger partial charge in [-0.25, -0.2) is 4.98 Å². The Morgan fingerprint density at radius 2 is 2.12 bits per heavy atom. The third kappa shape index (κ3) is 4.08. The fraction of sp³-hybridized carbons (Fsp3) is 0.263. The highest BCUT2D eigenvalue weighted by Crippen LogP contribution is 2.27. The third-order valence-corrected chi connectivity index (χ3v) is 4.39. The maximum Gasteiger partial charge on any atom is 0.193 e. The summed E-state index contributed by atoms with van der Waals surface area (Å²) in [7, 11) is 1.58. The number of halogens is 1.